The highest BCUT2D eigenvalue weighted by atomic mass is 32.1. The monoisotopic (exact) mass is 1160 g/mol. The number of likely N-dealkylation sites (N-methyl/N-ethyl adjacent to an activating group) is 1. The molecule has 1 fully saturated rings. The van der Waals surface area contributed by atoms with Crippen LogP contribution in [0.4, 0.5) is 33.2 Å². The number of ether oxygens (including phenoxy) is 4. The molecule has 0 spiro atoms. The van der Waals surface area contributed by atoms with E-state index in [9.17, 15) is 38.3 Å². The number of ketones is 1. The van der Waals surface area contributed by atoms with Gasteiger partial charge in [-0.15, -0.1) is 11.3 Å². The van der Waals surface area contributed by atoms with Crippen LogP contribution in [0.3, 0.4) is 0 Å². The van der Waals surface area contributed by atoms with Crippen LogP contribution in [0, 0.1) is 24.1 Å². The van der Waals surface area contributed by atoms with Crippen LogP contribution >= 0.6 is 11.3 Å². The van der Waals surface area contributed by atoms with Gasteiger partial charge >= 0.3 is 0 Å². The fourth-order valence-corrected chi connectivity index (χ4v) is 10.8. The van der Waals surface area contributed by atoms with Crippen LogP contribution in [-0.2, 0) is 51.1 Å². The molecular weight excluding hydrogens is 1090 g/mol. The maximum Gasteiger partial charge on any atom is 0.256 e. The largest absolute Gasteiger partial charge is 0.495 e. The molecule has 22 nitrogen and oxygen atoms in total. The maximum atomic E-state index is 14.8. The van der Waals surface area contributed by atoms with E-state index in [0.717, 1.165) is 27.3 Å². The third-order valence-corrected chi connectivity index (χ3v) is 15.6. The number of nitrogens with one attached hydrogen (secondary N) is 5. The average molecular weight is 1160 g/mol. The Morgan fingerprint density at radius 1 is 0.928 bits per heavy atom. The summed E-state index contributed by atoms with van der Waals surface area (Å²) in [4.78, 5) is 102. The lowest BCUT2D eigenvalue weighted by atomic mass is 9.76. The molecule has 2 aliphatic heterocycles. The van der Waals surface area contributed by atoms with Crippen LogP contribution < -0.4 is 30.9 Å². The number of β-amino-alcohol motifs (C(OH)–C–C–N with tert-alkyl or cyclic N) is 1. The molecule has 0 bridgehead atoms. The molecule has 5 heterocycles. The smallest absolute Gasteiger partial charge is 0.256 e. The van der Waals surface area contributed by atoms with Gasteiger partial charge in [0.2, 0.25) is 29.6 Å². The van der Waals surface area contributed by atoms with Gasteiger partial charge in [-0.05, 0) is 65.8 Å². The number of carbonyl (C=O) groups excluding carboxylic acids is 6. The number of aliphatic hydroxyl groups is 1. The van der Waals surface area contributed by atoms with E-state index >= 15 is 0 Å². The highest BCUT2D eigenvalue weighted by Gasteiger charge is 2.44. The Kier molecular flexibility index (Phi) is 20.6. The first kappa shape index (κ1) is 61.2. The van der Waals surface area contributed by atoms with Crippen molar-refractivity contribution in [3.63, 3.8) is 0 Å². The van der Waals surface area contributed by atoms with Gasteiger partial charge in [-0.25, -0.2) is 9.37 Å². The molecule has 2 aliphatic rings. The van der Waals surface area contributed by atoms with E-state index in [2.05, 4.69) is 41.2 Å². The summed E-state index contributed by atoms with van der Waals surface area (Å²) in [5, 5.41) is 22.9. The molecule has 3 atom stereocenters. The van der Waals surface area contributed by atoms with Crippen molar-refractivity contribution in [3.05, 3.63) is 101 Å². The summed E-state index contributed by atoms with van der Waals surface area (Å²) >= 11 is 1.56. The lowest BCUT2D eigenvalue weighted by Crippen LogP contribution is -2.50. The van der Waals surface area contributed by atoms with Gasteiger partial charge in [-0.2, -0.15) is 9.97 Å². The van der Waals surface area contributed by atoms with E-state index in [1.807, 2.05) is 58.0 Å². The molecule has 442 valence electrons. The van der Waals surface area contributed by atoms with E-state index in [-0.39, 0.29) is 132 Å². The van der Waals surface area contributed by atoms with Gasteiger partial charge in [0.15, 0.2) is 0 Å². The first-order chi connectivity index (χ1) is 39.8. The number of thiazole rings is 1. The number of carbonyl (C=O) groups is 6. The number of aromatic amines is 1. The quantitative estimate of drug-likeness (QED) is 0.0302. The lowest BCUT2D eigenvalue weighted by molar-refractivity contribution is -0.146. The van der Waals surface area contributed by atoms with Crippen LogP contribution in [0.15, 0.2) is 72.4 Å². The number of nitrogens with zero attached hydrogens (tertiary/aromatic N) is 6. The van der Waals surface area contributed by atoms with Crippen LogP contribution in [0.5, 0.6) is 5.75 Å². The summed E-state index contributed by atoms with van der Waals surface area (Å²) in [6.07, 6.45) is 1.56. The second-order valence-electron chi connectivity index (χ2n) is 21.4. The summed E-state index contributed by atoms with van der Waals surface area (Å²) in [5.41, 5.74) is 6.52. The number of amides is 5. The van der Waals surface area contributed by atoms with Crippen molar-refractivity contribution in [2.24, 2.45) is 11.3 Å². The fourth-order valence-electron chi connectivity index (χ4n) is 9.98. The molecule has 3 aromatic carbocycles. The molecule has 0 aliphatic carbocycles. The molecule has 0 saturated carbocycles. The SMILES string of the molecule is CNC(=O)c1c(F)cccc1Nc1nc(Nc2cc3c(cc2OC)CCN3C(=O)CN(C)C(=O)CCOCCOCCOCCC(=O)C[C@H](C(=O)N2C[C@H](O)C[C@H]2C(=O)NCc2ccc(-c3scnc3C)cc2)C(C)(C)C)nc2[nH]ccc12. The van der Waals surface area contributed by atoms with Crippen LogP contribution in [0.1, 0.15) is 73.6 Å². The van der Waals surface area contributed by atoms with E-state index in [4.69, 9.17) is 18.9 Å². The van der Waals surface area contributed by atoms with Crippen molar-refractivity contribution in [2.75, 3.05) is 96.0 Å². The van der Waals surface area contributed by atoms with Gasteiger partial charge < -0.3 is 65.0 Å². The zero-order valence-corrected chi connectivity index (χ0v) is 48.6. The predicted molar refractivity (Wildman–Crippen MR) is 311 cm³/mol. The Balaban J connectivity index is 0.720. The molecule has 3 aromatic heterocycles. The number of likely N-dealkylation sites (tertiary alicyclic amines) is 1. The molecule has 1 saturated heterocycles. The first-order valence-electron chi connectivity index (χ1n) is 27.5. The number of methoxy groups -OCH3 is 1. The molecule has 0 unspecified atom stereocenters. The fraction of sp³-hybridized carbons (Fsp3) is 0.441. The van der Waals surface area contributed by atoms with Crippen molar-refractivity contribution in [1.82, 2.24) is 40.4 Å². The summed E-state index contributed by atoms with van der Waals surface area (Å²) in [7, 11) is 4.50. The van der Waals surface area contributed by atoms with Gasteiger partial charge in [0.1, 0.15) is 34.9 Å². The number of hydrogen-bond acceptors (Lipinski definition) is 17. The van der Waals surface area contributed by atoms with Crippen molar-refractivity contribution in [1.29, 1.82) is 0 Å². The number of anilines is 5. The third kappa shape index (κ3) is 15.4. The first-order valence-corrected chi connectivity index (χ1v) is 28.4. The number of Topliss-reactive ketones (excluding diaryl/α,β-unsaturated/α-hetero) is 1. The molecule has 83 heavy (non-hydrogen) atoms. The predicted octanol–water partition coefficient (Wildman–Crippen LogP) is 6.46. The second-order valence-corrected chi connectivity index (χ2v) is 22.3. The average Bonchev–Trinajstić information content (AvgIpc) is 4.52. The number of hydrogen-bond donors (Lipinski definition) is 6. The minimum atomic E-state index is -0.867. The molecule has 6 N–H and O–H groups in total. The Bertz CT molecular complexity index is 3290. The summed E-state index contributed by atoms with van der Waals surface area (Å²) in [5.74, 6) is -2.57. The highest BCUT2D eigenvalue weighted by molar-refractivity contribution is 7.13. The van der Waals surface area contributed by atoms with Gasteiger partial charge in [-0.1, -0.05) is 51.1 Å². The molecular formula is C59H72FN11O11S. The number of aliphatic hydroxyl groups excluding tert-OH is 1. The number of fused-ring (bicyclic) bond motifs is 2. The van der Waals surface area contributed by atoms with Crippen molar-refractivity contribution in [3.8, 4) is 16.2 Å². The van der Waals surface area contributed by atoms with Crippen molar-refractivity contribution >= 4 is 86.5 Å². The summed E-state index contributed by atoms with van der Waals surface area (Å²) < 4.78 is 37.5. The number of rotatable bonds is 27. The number of aryl methyl sites for hydroxylation is 1. The number of halogens is 1. The zero-order chi connectivity index (χ0) is 59.4. The molecule has 0 radical (unpaired) electrons. The molecule has 8 rings (SSSR count). The Morgan fingerprint density at radius 3 is 2.34 bits per heavy atom. The maximum absolute atomic E-state index is 14.8. The lowest BCUT2D eigenvalue weighted by Gasteiger charge is -2.34. The Labute approximate surface area is 484 Å². The number of aromatic nitrogens is 4. The second kappa shape index (κ2) is 27.9. The van der Waals surface area contributed by atoms with E-state index in [1.54, 1.807) is 53.2 Å². The third-order valence-electron chi connectivity index (χ3n) is 14.6. The normalized spacial score (nSPS) is 15.2. The summed E-state index contributed by atoms with van der Waals surface area (Å²) in [6, 6.07) is 16.6. The zero-order valence-electron chi connectivity index (χ0n) is 47.8. The van der Waals surface area contributed by atoms with E-state index < -0.39 is 35.2 Å². The van der Waals surface area contributed by atoms with E-state index in [0.29, 0.717) is 46.9 Å². The van der Waals surface area contributed by atoms with Crippen LogP contribution in [0.25, 0.3) is 21.5 Å². The van der Waals surface area contributed by atoms with Crippen molar-refractivity contribution < 1.29 is 57.2 Å². The molecule has 24 heteroatoms. The van der Waals surface area contributed by atoms with Gasteiger partial charge in [0.25, 0.3) is 5.91 Å². The van der Waals surface area contributed by atoms with Gasteiger partial charge in [-0.3, -0.25) is 28.8 Å². The Hall–Kier alpha value is -7.90. The summed E-state index contributed by atoms with van der Waals surface area (Å²) in [6.45, 7) is 9.23. The van der Waals surface area contributed by atoms with Crippen LogP contribution in [0.2, 0.25) is 0 Å². The molecule has 5 amide bonds. The van der Waals surface area contributed by atoms with Crippen molar-refractivity contribution in [2.45, 2.75) is 78.5 Å². The standard InChI is InChI=1S/C59H72FN11O11S/c1-35-52(83-34-64-35)37-13-11-36(12-14-37)31-63-55(76)47-29-40(73)32-71(47)57(78)42(59(2,3)4)28-39(72)17-21-80-23-25-82-26-24-81-22-18-49(74)69(6)33-50(75)70-20-16-38-27-48(79-7)45(30-46(38)70)66-58-67-53-41(15-19-62-53)54(68-58)65-44-10-8-9-43(60)51(44)56(77)61-5/h8-15,19,27,30,34,40,42,47,73H,16-18,20-26,28-29,31-33H2,1-7H3,(H,61,77)(H,63,76)(H3,62,65,66,67,68)/t40-,42-,47+/m1/s1. The number of H-pyrrole nitrogens is 1. The van der Waals surface area contributed by atoms with Crippen LogP contribution in [-0.4, -0.2) is 163 Å². The van der Waals surface area contributed by atoms with E-state index in [1.165, 1.54) is 36.1 Å². The molecule has 6 aromatic rings. The topological polar surface area (TPSA) is 272 Å². The highest BCUT2D eigenvalue weighted by Crippen LogP contribution is 2.40. The van der Waals surface area contributed by atoms with Gasteiger partial charge in [0.05, 0.1) is 104 Å². The van der Waals surface area contributed by atoms with Gasteiger partial charge in [0, 0.05) is 70.8 Å². The minimum Gasteiger partial charge on any atom is -0.495 e. The minimum absolute atomic E-state index is 0.00384. The Morgan fingerprint density at radius 2 is 1.65 bits per heavy atom. The number of benzene rings is 3.